The Balaban J connectivity index is 2.13. The van der Waals surface area contributed by atoms with Crippen molar-refractivity contribution in [2.75, 3.05) is 25.1 Å². The molecule has 0 spiro atoms. The van der Waals surface area contributed by atoms with Crippen molar-refractivity contribution in [3.05, 3.63) is 28.3 Å². The number of benzene rings is 1. The highest BCUT2D eigenvalue weighted by Crippen LogP contribution is 2.35. The van der Waals surface area contributed by atoms with Crippen LogP contribution >= 0.6 is 0 Å². The van der Waals surface area contributed by atoms with Crippen LogP contribution in [0.2, 0.25) is 0 Å². The fourth-order valence-corrected chi connectivity index (χ4v) is 2.12. The van der Waals surface area contributed by atoms with Crippen molar-refractivity contribution >= 4 is 11.4 Å². The van der Waals surface area contributed by atoms with E-state index >= 15 is 0 Å². The van der Waals surface area contributed by atoms with Gasteiger partial charge in [0.2, 0.25) is 0 Å². The van der Waals surface area contributed by atoms with Crippen LogP contribution in [0.1, 0.15) is 19.8 Å². The Morgan fingerprint density at radius 3 is 3.05 bits per heavy atom. The molecule has 0 bridgehead atoms. The normalized spacial score (nSPS) is 18.3. The lowest BCUT2D eigenvalue weighted by atomic mass is 10.2. The molecule has 0 aliphatic carbocycles. The standard InChI is InChI=1S/C13H18N2O4/c1-2-14-11-6-3-7-12(13(11)15(16)17)19-9-10-5-4-8-18-10/h3,6-7,10,14H,2,4-5,8-9H2,1H3. The first-order valence-corrected chi connectivity index (χ1v) is 6.48. The smallest absolute Gasteiger partial charge is 0.333 e. The van der Waals surface area contributed by atoms with Gasteiger partial charge in [-0.15, -0.1) is 0 Å². The first-order valence-electron chi connectivity index (χ1n) is 6.48. The van der Waals surface area contributed by atoms with Gasteiger partial charge in [-0.05, 0) is 31.9 Å². The molecule has 1 unspecified atom stereocenters. The summed E-state index contributed by atoms with van der Waals surface area (Å²) in [6.07, 6.45) is 2.01. The maximum Gasteiger partial charge on any atom is 0.333 e. The van der Waals surface area contributed by atoms with E-state index in [0.717, 1.165) is 19.4 Å². The van der Waals surface area contributed by atoms with Crippen molar-refractivity contribution in [1.29, 1.82) is 0 Å². The number of para-hydroxylation sites is 1. The average Bonchev–Trinajstić information content (AvgIpc) is 2.89. The summed E-state index contributed by atoms with van der Waals surface area (Å²) in [5.41, 5.74) is 0.472. The zero-order valence-corrected chi connectivity index (χ0v) is 10.9. The Labute approximate surface area is 111 Å². The van der Waals surface area contributed by atoms with Crippen LogP contribution in [-0.4, -0.2) is 30.8 Å². The monoisotopic (exact) mass is 266 g/mol. The Morgan fingerprint density at radius 1 is 1.58 bits per heavy atom. The molecule has 1 aliphatic rings. The van der Waals surface area contributed by atoms with Gasteiger partial charge in [-0.1, -0.05) is 6.07 Å². The van der Waals surface area contributed by atoms with Crippen molar-refractivity contribution in [3.63, 3.8) is 0 Å². The maximum atomic E-state index is 11.2. The topological polar surface area (TPSA) is 73.6 Å². The second-order valence-corrected chi connectivity index (χ2v) is 4.39. The van der Waals surface area contributed by atoms with E-state index < -0.39 is 4.92 Å². The van der Waals surface area contributed by atoms with Gasteiger partial charge in [0.25, 0.3) is 0 Å². The van der Waals surface area contributed by atoms with Crippen molar-refractivity contribution in [3.8, 4) is 5.75 Å². The Bertz CT molecular complexity index is 444. The fourth-order valence-electron chi connectivity index (χ4n) is 2.12. The van der Waals surface area contributed by atoms with E-state index in [4.69, 9.17) is 9.47 Å². The molecular weight excluding hydrogens is 248 g/mol. The molecule has 0 amide bonds. The maximum absolute atomic E-state index is 11.2. The quantitative estimate of drug-likeness (QED) is 0.632. The number of anilines is 1. The van der Waals surface area contributed by atoms with E-state index in [9.17, 15) is 10.1 Å². The molecule has 1 heterocycles. The summed E-state index contributed by atoms with van der Waals surface area (Å²) in [4.78, 5) is 10.8. The van der Waals surface area contributed by atoms with E-state index in [1.807, 2.05) is 6.92 Å². The number of hydrogen-bond donors (Lipinski definition) is 1. The van der Waals surface area contributed by atoms with Crippen molar-refractivity contribution in [2.45, 2.75) is 25.9 Å². The molecular formula is C13H18N2O4. The second-order valence-electron chi connectivity index (χ2n) is 4.39. The predicted octanol–water partition coefficient (Wildman–Crippen LogP) is 2.58. The number of nitro groups is 1. The summed E-state index contributed by atoms with van der Waals surface area (Å²) in [6.45, 7) is 3.61. The summed E-state index contributed by atoms with van der Waals surface area (Å²) >= 11 is 0. The van der Waals surface area contributed by atoms with Gasteiger partial charge in [0, 0.05) is 13.2 Å². The summed E-state index contributed by atoms with van der Waals surface area (Å²) < 4.78 is 11.0. The minimum Gasteiger partial charge on any atom is -0.484 e. The SMILES string of the molecule is CCNc1cccc(OCC2CCCO2)c1[N+](=O)[O-]. The summed E-state index contributed by atoms with van der Waals surface area (Å²) in [7, 11) is 0. The molecule has 1 fully saturated rings. The average molecular weight is 266 g/mol. The number of nitrogens with zero attached hydrogens (tertiary/aromatic N) is 1. The zero-order chi connectivity index (χ0) is 13.7. The molecule has 19 heavy (non-hydrogen) atoms. The van der Waals surface area contributed by atoms with Gasteiger partial charge in [0.05, 0.1) is 11.0 Å². The number of hydrogen-bond acceptors (Lipinski definition) is 5. The van der Waals surface area contributed by atoms with Crippen LogP contribution in [0.3, 0.4) is 0 Å². The van der Waals surface area contributed by atoms with Crippen molar-refractivity contribution in [2.24, 2.45) is 0 Å². The minimum absolute atomic E-state index is 0.0117. The first kappa shape index (κ1) is 13.6. The third kappa shape index (κ3) is 3.35. The molecule has 1 atom stereocenters. The lowest BCUT2D eigenvalue weighted by Gasteiger charge is -2.13. The number of nitro benzene ring substituents is 1. The van der Waals surface area contributed by atoms with Gasteiger partial charge in [-0.25, -0.2) is 0 Å². The first-order chi connectivity index (χ1) is 9.22. The van der Waals surface area contributed by atoms with Gasteiger partial charge in [-0.3, -0.25) is 10.1 Å². The van der Waals surface area contributed by atoms with Crippen molar-refractivity contribution in [1.82, 2.24) is 0 Å². The van der Waals surface area contributed by atoms with Gasteiger partial charge < -0.3 is 14.8 Å². The van der Waals surface area contributed by atoms with E-state index in [2.05, 4.69) is 5.32 Å². The van der Waals surface area contributed by atoms with Gasteiger partial charge in [0.15, 0.2) is 5.75 Å². The molecule has 104 valence electrons. The van der Waals surface area contributed by atoms with E-state index in [-0.39, 0.29) is 11.8 Å². The van der Waals surface area contributed by atoms with Crippen LogP contribution in [0.15, 0.2) is 18.2 Å². The lowest BCUT2D eigenvalue weighted by molar-refractivity contribution is -0.385. The molecule has 1 saturated heterocycles. The van der Waals surface area contributed by atoms with Crippen LogP contribution in [0.25, 0.3) is 0 Å². The summed E-state index contributed by atoms with van der Waals surface area (Å²) in [5.74, 6) is 0.291. The fraction of sp³-hybridized carbons (Fsp3) is 0.538. The highest BCUT2D eigenvalue weighted by atomic mass is 16.6. The van der Waals surface area contributed by atoms with Crippen LogP contribution in [-0.2, 0) is 4.74 Å². The van der Waals surface area contributed by atoms with E-state index in [1.54, 1.807) is 18.2 Å². The Hall–Kier alpha value is -1.82. The van der Waals surface area contributed by atoms with Gasteiger partial charge >= 0.3 is 5.69 Å². The predicted molar refractivity (Wildman–Crippen MR) is 71.7 cm³/mol. The minimum atomic E-state index is -0.414. The van der Waals surface area contributed by atoms with Crippen LogP contribution in [0, 0.1) is 10.1 Å². The van der Waals surface area contributed by atoms with E-state index in [0.29, 0.717) is 24.6 Å². The highest BCUT2D eigenvalue weighted by Gasteiger charge is 2.23. The molecule has 0 radical (unpaired) electrons. The molecule has 1 aliphatic heterocycles. The lowest BCUT2D eigenvalue weighted by Crippen LogP contribution is -2.17. The number of ether oxygens (including phenoxy) is 2. The van der Waals surface area contributed by atoms with Crippen molar-refractivity contribution < 1.29 is 14.4 Å². The van der Waals surface area contributed by atoms with Gasteiger partial charge in [0.1, 0.15) is 12.3 Å². The van der Waals surface area contributed by atoms with Gasteiger partial charge in [-0.2, -0.15) is 0 Å². The second kappa shape index (κ2) is 6.38. The molecule has 0 aromatic heterocycles. The zero-order valence-electron chi connectivity index (χ0n) is 10.9. The highest BCUT2D eigenvalue weighted by molar-refractivity contribution is 5.68. The number of rotatable bonds is 6. The summed E-state index contributed by atoms with van der Waals surface area (Å²) in [5, 5.41) is 14.1. The van der Waals surface area contributed by atoms with Crippen LogP contribution < -0.4 is 10.1 Å². The third-order valence-electron chi connectivity index (χ3n) is 3.00. The summed E-state index contributed by atoms with van der Waals surface area (Å²) in [6, 6.07) is 5.05. The van der Waals surface area contributed by atoms with E-state index in [1.165, 1.54) is 0 Å². The van der Waals surface area contributed by atoms with Crippen LogP contribution in [0.4, 0.5) is 11.4 Å². The molecule has 1 aromatic carbocycles. The molecule has 0 saturated carbocycles. The Kier molecular flexibility index (Phi) is 4.57. The molecule has 1 N–H and O–H groups in total. The van der Waals surface area contributed by atoms with Crippen LogP contribution in [0.5, 0.6) is 5.75 Å². The Morgan fingerprint density at radius 2 is 2.42 bits per heavy atom. The largest absolute Gasteiger partial charge is 0.484 e. The molecule has 2 rings (SSSR count). The third-order valence-corrected chi connectivity index (χ3v) is 3.00. The molecule has 6 nitrogen and oxygen atoms in total. The number of nitrogens with one attached hydrogen (secondary N) is 1. The molecule has 1 aromatic rings. The molecule has 6 heteroatoms.